The zero-order chi connectivity index (χ0) is 16.4. The molecule has 1 atom stereocenters. The van der Waals surface area contributed by atoms with Crippen molar-refractivity contribution in [3.05, 3.63) is 47.8 Å². The van der Waals surface area contributed by atoms with E-state index in [0.29, 0.717) is 5.92 Å². The Kier molecular flexibility index (Phi) is 4.43. The third-order valence-corrected chi connectivity index (χ3v) is 4.11. The lowest BCUT2D eigenvalue weighted by Gasteiger charge is -2.18. The highest BCUT2D eigenvalue weighted by Crippen LogP contribution is 2.40. The predicted molar refractivity (Wildman–Crippen MR) is 86.4 cm³/mol. The van der Waals surface area contributed by atoms with Gasteiger partial charge in [0.2, 0.25) is 5.91 Å². The van der Waals surface area contributed by atoms with Crippen molar-refractivity contribution in [1.29, 1.82) is 0 Å². The van der Waals surface area contributed by atoms with Crippen LogP contribution in [0.3, 0.4) is 0 Å². The standard InChI is InChI=1S/C17H21FN4O/c1-11-3-6-13(18)14(9-11)21-15(23)10-20-16(12-4-5-12)17-19-7-8-22(17)2/h3,6-9,12,16,20H,4-5,10H2,1-2H3,(H,21,23)/t16-/m0/s1. The second-order valence-corrected chi connectivity index (χ2v) is 6.12. The molecule has 1 fully saturated rings. The lowest BCUT2D eigenvalue weighted by Crippen LogP contribution is -2.33. The van der Waals surface area contributed by atoms with Crippen molar-refractivity contribution in [2.45, 2.75) is 25.8 Å². The number of amides is 1. The highest BCUT2D eigenvalue weighted by Gasteiger charge is 2.34. The smallest absolute Gasteiger partial charge is 0.238 e. The summed E-state index contributed by atoms with van der Waals surface area (Å²) in [7, 11) is 1.95. The van der Waals surface area contributed by atoms with Gasteiger partial charge in [0.15, 0.2) is 0 Å². The third-order valence-electron chi connectivity index (χ3n) is 4.11. The van der Waals surface area contributed by atoms with Gasteiger partial charge in [-0.15, -0.1) is 0 Å². The SMILES string of the molecule is Cc1ccc(F)c(NC(=O)CN[C@H](c2nccn2C)C2CC2)c1. The number of anilines is 1. The number of aryl methyl sites for hydroxylation is 2. The number of carbonyl (C=O) groups excluding carboxylic acids is 1. The normalized spacial score (nSPS) is 15.4. The quantitative estimate of drug-likeness (QED) is 0.861. The lowest BCUT2D eigenvalue weighted by atomic mass is 10.1. The zero-order valence-electron chi connectivity index (χ0n) is 13.3. The van der Waals surface area contributed by atoms with E-state index in [9.17, 15) is 9.18 Å². The van der Waals surface area contributed by atoms with Gasteiger partial charge < -0.3 is 9.88 Å². The largest absolute Gasteiger partial charge is 0.337 e. The topological polar surface area (TPSA) is 59.0 Å². The maximum Gasteiger partial charge on any atom is 0.238 e. The van der Waals surface area contributed by atoms with Gasteiger partial charge in [-0.1, -0.05) is 6.07 Å². The van der Waals surface area contributed by atoms with Crippen LogP contribution in [0.2, 0.25) is 0 Å². The number of halogens is 1. The third kappa shape index (κ3) is 3.76. The molecule has 0 spiro atoms. The lowest BCUT2D eigenvalue weighted by molar-refractivity contribution is -0.115. The van der Waals surface area contributed by atoms with Gasteiger partial charge in [0.25, 0.3) is 0 Å². The fourth-order valence-corrected chi connectivity index (χ4v) is 2.71. The average Bonchev–Trinajstić information content (AvgIpc) is 3.26. The minimum absolute atomic E-state index is 0.0584. The first kappa shape index (κ1) is 15.7. The van der Waals surface area contributed by atoms with Gasteiger partial charge in [-0.2, -0.15) is 0 Å². The Bertz CT molecular complexity index is 708. The summed E-state index contributed by atoms with van der Waals surface area (Å²) in [6.45, 7) is 1.99. The highest BCUT2D eigenvalue weighted by atomic mass is 19.1. The van der Waals surface area contributed by atoms with E-state index < -0.39 is 5.82 Å². The van der Waals surface area contributed by atoms with Crippen LogP contribution < -0.4 is 10.6 Å². The second kappa shape index (κ2) is 6.50. The van der Waals surface area contributed by atoms with Crippen molar-refractivity contribution in [2.75, 3.05) is 11.9 Å². The van der Waals surface area contributed by atoms with Crippen LogP contribution in [0.15, 0.2) is 30.6 Å². The summed E-state index contributed by atoms with van der Waals surface area (Å²) in [5, 5.41) is 5.88. The summed E-state index contributed by atoms with van der Waals surface area (Å²) in [4.78, 5) is 16.5. The van der Waals surface area contributed by atoms with Crippen molar-refractivity contribution in [1.82, 2.24) is 14.9 Å². The molecule has 1 aromatic carbocycles. The van der Waals surface area contributed by atoms with Crippen LogP contribution in [-0.4, -0.2) is 22.0 Å². The fraction of sp³-hybridized carbons (Fsp3) is 0.412. The van der Waals surface area contributed by atoms with Crippen molar-refractivity contribution in [3.63, 3.8) is 0 Å². The number of rotatable bonds is 6. The number of benzene rings is 1. The first-order chi connectivity index (χ1) is 11.0. The number of hydrogen-bond donors (Lipinski definition) is 2. The van der Waals surface area contributed by atoms with Gasteiger partial charge in [0, 0.05) is 19.4 Å². The van der Waals surface area contributed by atoms with Crippen molar-refractivity contribution >= 4 is 11.6 Å². The molecule has 1 saturated carbocycles. The molecule has 122 valence electrons. The molecule has 5 nitrogen and oxygen atoms in total. The monoisotopic (exact) mass is 316 g/mol. The van der Waals surface area contributed by atoms with E-state index in [1.54, 1.807) is 18.3 Å². The molecule has 0 bridgehead atoms. The summed E-state index contributed by atoms with van der Waals surface area (Å²) < 4.78 is 15.7. The van der Waals surface area contributed by atoms with E-state index in [-0.39, 0.29) is 24.2 Å². The molecule has 1 amide bonds. The number of nitrogens with zero attached hydrogens (tertiary/aromatic N) is 2. The molecule has 2 aromatic rings. The average molecular weight is 316 g/mol. The molecule has 3 rings (SSSR count). The first-order valence-electron chi connectivity index (χ1n) is 7.81. The maximum absolute atomic E-state index is 13.7. The molecule has 0 unspecified atom stereocenters. The Balaban J connectivity index is 1.61. The molecular formula is C17H21FN4O. The van der Waals surface area contributed by atoms with E-state index in [1.807, 2.05) is 24.7 Å². The van der Waals surface area contributed by atoms with Crippen LogP contribution in [0.25, 0.3) is 0 Å². The molecule has 1 heterocycles. The van der Waals surface area contributed by atoms with Gasteiger partial charge in [-0.05, 0) is 43.4 Å². The van der Waals surface area contributed by atoms with Crippen LogP contribution in [0.1, 0.15) is 30.3 Å². The minimum atomic E-state index is -0.424. The molecule has 23 heavy (non-hydrogen) atoms. The van der Waals surface area contributed by atoms with Crippen LogP contribution >= 0.6 is 0 Å². The van der Waals surface area contributed by atoms with Gasteiger partial charge >= 0.3 is 0 Å². The van der Waals surface area contributed by atoms with Gasteiger partial charge in [-0.3, -0.25) is 10.1 Å². The van der Waals surface area contributed by atoms with Crippen LogP contribution in [0.5, 0.6) is 0 Å². The Morgan fingerprint density at radius 1 is 1.48 bits per heavy atom. The van der Waals surface area contributed by atoms with E-state index in [2.05, 4.69) is 15.6 Å². The van der Waals surface area contributed by atoms with E-state index in [0.717, 1.165) is 24.2 Å². The Labute approximate surface area is 134 Å². The summed E-state index contributed by atoms with van der Waals surface area (Å²) in [5.74, 6) is 0.766. The summed E-state index contributed by atoms with van der Waals surface area (Å²) in [6, 6.07) is 4.72. The second-order valence-electron chi connectivity index (χ2n) is 6.12. The Morgan fingerprint density at radius 2 is 2.26 bits per heavy atom. The Hall–Kier alpha value is -2.21. The van der Waals surface area contributed by atoms with Crippen molar-refractivity contribution in [3.8, 4) is 0 Å². The molecule has 6 heteroatoms. The predicted octanol–water partition coefficient (Wildman–Crippen LogP) is 2.55. The number of aromatic nitrogens is 2. The zero-order valence-corrected chi connectivity index (χ0v) is 13.3. The van der Waals surface area contributed by atoms with Gasteiger partial charge in [-0.25, -0.2) is 9.37 Å². The Morgan fingerprint density at radius 3 is 2.91 bits per heavy atom. The number of carbonyl (C=O) groups is 1. The molecule has 1 aromatic heterocycles. The molecule has 2 N–H and O–H groups in total. The van der Waals surface area contributed by atoms with E-state index in [1.165, 1.54) is 6.07 Å². The van der Waals surface area contributed by atoms with Gasteiger partial charge in [0.1, 0.15) is 11.6 Å². The molecule has 0 saturated heterocycles. The van der Waals surface area contributed by atoms with Crippen LogP contribution in [0.4, 0.5) is 10.1 Å². The maximum atomic E-state index is 13.7. The van der Waals surface area contributed by atoms with E-state index in [4.69, 9.17) is 0 Å². The number of hydrogen-bond acceptors (Lipinski definition) is 3. The summed E-state index contributed by atoms with van der Waals surface area (Å²) in [6.07, 6.45) is 5.93. The molecule has 0 aliphatic heterocycles. The summed E-state index contributed by atoms with van der Waals surface area (Å²) >= 11 is 0. The summed E-state index contributed by atoms with van der Waals surface area (Å²) in [5.41, 5.74) is 1.12. The van der Waals surface area contributed by atoms with Crippen molar-refractivity contribution < 1.29 is 9.18 Å². The van der Waals surface area contributed by atoms with Gasteiger partial charge in [0.05, 0.1) is 18.3 Å². The van der Waals surface area contributed by atoms with E-state index >= 15 is 0 Å². The van der Waals surface area contributed by atoms with Crippen LogP contribution in [-0.2, 0) is 11.8 Å². The molecule has 1 aliphatic rings. The molecule has 1 aliphatic carbocycles. The number of imidazole rings is 1. The molecular weight excluding hydrogens is 295 g/mol. The van der Waals surface area contributed by atoms with Crippen molar-refractivity contribution in [2.24, 2.45) is 13.0 Å². The number of nitrogens with one attached hydrogen (secondary N) is 2. The fourth-order valence-electron chi connectivity index (χ4n) is 2.71. The molecule has 0 radical (unpaired) electrons. The minimum Gasteiger partial charge on any atom is -0.337 e. The van der Waals surface area contributed by atoms with Crippen LogP contribution in [0, 0.1) is 18.7 Å². The first-order valence-corrected chi connectivity index (χ1v) is 7.81. The highest BCUT2D eigenvalue weighted by molar-refractivity contribution is 5.92.